The molecule has 1 aliphatic rings. The number of hydrogen-bond donors (Lipinski definition) is 1. The van der Waals surface area contributed by atoms with E-state index in [9.17, 15) is 0 Å². The van der Waals surface area contributed by atoms with Gasteiger partial charge in [-0.1, -0.05) is 33.6 Å². The third kappa shape index (κ3) is 3.33. The lowest BCUT2D eigenvalue weighted by Crippen LogP contribution is -2.11. The van der Waals surface area contributed by atoms with E-state index < -0.39 is 0 Å². The van der Waals surface area contributed by atoms with Crippen LogP contribution in [0, 0.1) is 6.92 Å². The first kappa shape index (κ1) is 14.7. The van der Waals surface area contributed by atoms with Crippen molar-refractivity contribution in [2.24, 2.45) is 0 Å². The maximum atomic E-state index is 5.92. The Kier molecular flexibility index (Phi) is 4.36. The minimum atomic E-state index is 0.220. The fourth-order valence-electron chi connectivity index (χ4n) is 2.57. The summed E-state index contributed by atoms with van der Waals surface area (Å²) < 4.78 is 6.87. The van der Waals surface area contributed by atoms with E-state index in [2.05, 4.69) is 38.4 Å². The molecule has 3 nitrogen and oxygen atoms in total. The van der Waals surface area contributed by atoms with Crippen molar-refractivity contribution in [1.29, 1.82) is 0 Å². The smallest absolute Gasteiger partial charge is 0.129 e. The fourth-order valence-corrected chi connectivity index (χ4v) is 3.10. The Balaban J connectivity index is 1.92. The van der Waals surface area contributed by atoms with Crippen LogP contribution in [0.15, 0.2) is 34.8 Å². The molecule has 5 heteroatoms. The van der Waals surface area contributed by atoms with Gasteiger partial charge in [-0.15, -0.1) is 0 Å². The van der Waals surface area contributed by atoms with Crippen molar-refractivity contribution in [3.63, 3.8) is 0 Å². The molecule has 1 unspecified atom stereocenters. The van der Waals surface area contributed by atoms with Crippen molar-refractivity contribution in [1.82, 2.24) is 4.98 Å². The number of ether oxygens (including phenoxy) is 1. The van der Waals surface area contributed by atoms with Gasteiger partial charge in [-0.05, 0) is 44.0 Å². The fraction of sp³-hybridized carbons (Fsp3) is 0.312. The van der Waals surface area contributed by atoms with Crippen LogP contribution in [0.3, 0.4) is 0 Å². The van der Waals surface area contributed by atoms with Gasteiger partial charge in [-0.2, -0.15) is 0 Å². The Morgan fingerprint density at radius 1 is 1.33 bits per heavy atom. The number of nitrogens with one attached hydrogen (secondary N) is 1. The van der Waals surface area contributed by atoms with Gasteiger partial charge >= 0.3 is 0 Å². The molecule has 1 aliphatic heterocycles. The molecule has 0 radical (unpaired) electrons. The van der Waals surface area contributed by atoms with Gasteiger partial charge in [0.1, 0.15) is 10.9 Å². The number of fused-ring (bicyclic) bond motifs is 1. The Bertz CT molecular complexity index is 663. The largest absolute Gasteiger partial charge is 0.493 e. The molecule has 0 fully saturated rings. The standard InChI is InChI=1S/C16H16BrClN2O/c1-10-13(6-7-16(18)19-10)20-14-3-2-8-21-15-9-11(17)4-5-12(14)15/h4-7,9,14,20H,2-3,8H2,1H3. The molecule has 3 rings (SSSR count). The van der Waals surface area contributed by atoms with Gasteiger partial charge in [0.2, 0.25) is 0 Å². The highest BCUT2D eigenvalue weighted by molar-refractivity contribution is 9.10. The monoisotopic (exact) mass is 366 g/mol. The number of pyridine rings is 1. The van der Waals surface area contributed by atoms with Crippen LogP contribution < -0.4 is 10.1 Å². The summed E-state index contributed by atoms with van der Waals surface area (Å²) in [5.74, 6) is 0.943. The Hall–Kier alpha value is -1.26. The minimum Gasteiger partial charge on any atom is -0.493 e. The summed E-state index contributed by atoms with van der Waals surface area (Å²) in [6.45, 7) is 2.71. The number of benzene rings is 1. The van der Waals surface area contributed by atoms with Gasteiger partial charge in [-0.25, -0.2) is 4.98 Å². The van der Waals surface area contributed by atoms with Crippen molar-refractivity contribution in [2.75, 3.05) is 11.9 Å². The van der Waals surface area contributed by atoms with Crippen LogP contribution in [0.2, 0.25) is 5.15 Å². The topological polar surface area (TPSA) is 34.2 Å². The molecular weight excluding hydrogens is 352 g/mol. The summed E-state index contributed by atoms with van der Waals surface area (Å²) in [5.41, 5.74) is 3.11. The highest BCUT2D eigenvalue weighted by Crippen LogP contribution is 2.36. The van der Waals surface area contributed by atoms with E-state index in [0.717, 1.165) is 41.1 Å². The average molecular weight is 368 g/mol. The van der Waals surface area contributed by atoms with Crippen molar-refractivity contribution in [3.05, 3.63) is 51.2 Å². The van der Waals surface area contributed by atoms with Crippen molar-refractivity contribution >= 4 is 33.2 Å². The summed E-state index contributed by atoms with van der Waals surface area (Å²) in [7, 11) is 0. The number of aromatic nitrogens is 1. The normalized spacial score (nSPS) is 17.6. The number of aryl methyl sites for hydroxylation is 1. The van der Waals surface area contributed by atoms with Crippen molar-refractivity contribution < 1.29 is 4.74 Å². The van der Waals surface area contributed by atoms with E-state index in [4.69, 9.17) is 16.3 Å². The van der Waals surface area contributed by atoms with E-state index in [-0.39, 0.29) is 6.04 Å². The highest BCUT2D eigenvalue weighted by Gasteiger charge is 2.20. The Labute approximate surface area is 137 Å². The van der Waals surface area contributed by atoms with Crippen LogP contribution in [-0.4, -0.2) is 11.6 Å². The molecule has 1 aromatic heterocycles. The average Bonchev–Trinajstić information content (AvgIpc) is 2.64. The first-order valence-electron chi connectivity index (χ1n) is 6.95. The molecule has 1 atom stereocenters. The lowest BCUT2D eigenvalue weighted by molar-refractivity contribution is 0.316. The second-order valence-electron chi connectivity index (χ2n) is 5.14. The number of halogens is 2. The van der Waals surface area contributed by atoms with Crippen LogP contribution in [0.5, 0.6) is 5.75 Å². The van der Waals surface area contributed by atoms with Crippen LogP contribution in [0.1, 0.15) is 30.1 Å². The van der Waals surface area contributed by atoms with Crippen LogP contribution in [-0.2, 0) is 0 Å². The predicted octanol–water partition coefficient (Wildman–Crippen LogP) is 5.13. The first-order valence-corrected chi connectivity index (χ1v) is 8.12. The molecule has 21 heavy (non-hydrogen) atoms. The van der Waals surface area contributed by atoms with Crippen LogP contribution in [0.25, 0.3) is 0 Å². The molecule has 110 valence electrons. The summed E-state index contributed by atoms with van der Waals surface area (Å²) in [6, 6.07) is 10.2. The number of anilines is 1. The SMILES string of the molecule is Cc1nc(Cl)ccc1NC1CCCOc2cc(Br)ccc21. The van der Waals surface area contributed by atoms with Gasteiger partial charge in [0.05, 0.1) is 24.0 Å². The zero-order chi connectivity index (χ0) is 14.8. The Morgan fingerprint density at radius 3 is 3.00 bits per heavy atom. The van der Waals surface area contributed by atoms with E-state index >= 15 is 0 Å². The number of nitrogens with zero attached hydrogens (tertiary/aromatic N) is 1. The van der Waals surface area contributed by atoms with Gasteiger partial charge < -0.3 is 10.1 Å². The number of rotatable bonds is 2. The molecule has 0 saturated carbocycles. The van der Waals surface area contributed by atoms with E-state index in [1.807, 2.05) is 25.1 Å². The quantitative estimate of drug-likeness (QED) is 0.747. The molecule has 0 amide bonds. The van der Waals surface area contributed by atoms with Gasteiger partial charge in [-0.3, -0.25) is 0 Å². The first-order chi connectivity index (χ1) is 10.1. The third-order valence-corrected chi connectivity index (χ3v) is 4.33. The third-order valence-electron chi connectivity index (χ3n) is 3.63. The van der Waals surface area contributed by atoms with E-state index in [0.29, 0.717) is 5.15 Å². The second kappa shape index (κ2) is 6.24. The molecule has 1 N–H and O–H groups in total. The molecule has 0 saturated heterocycles. The van der Waals surface area contributed by atoms with Crippen LogP contribution >= 0.6 is 27.5 Å². The molecular formula is C16H16BrClN2O. The summed E-state index contributed by atoms with van der Waals surface area (Å²) in [6.07, 6.45) is 2.04. The van der Waals surface area contributed by atoms with Gasteiger partial charge in [0, 0.05) is 10.0 Å². The van der Waals surface area contributed by atoms with Crippen molar-refractivity contribution in [2.45, 2.75) is 25.8 Å². The second-order valence-corrected chi connectivity index (χ2v) is 6.44. The van der Waals surface area contributed by atoms with Gasteiger partial charge in [0.25, 0.3) is 0 Å². The molecule has 2 heterocycles. The lowest BCUT2D eigenvalue weighted by atomic mass is 10.0. The predicted molar refractivity (Wildman–Crippen MR) is 89.2 cm³/mol. The Morgan fingerprint density at radius 2 is 2.19 bits per heavy atom. The summed E-state index contributed by atoms with van der Waals surface area (Å²) in [4.78, 5) is 4.30. The molecule has 2 aromatic rings. The van der Waals surface area contributed by atoms with Crippen LogP contribution in [0.4, 0.5) is 5.69 Å². The molecule has 0 spiro atoms. The minimum absolute atomic E-state index is 0.220. The molecule has 0 bridgehead atoms. The zero-order valence-corrected chi connectivity index (χ0v) is 14.0. The zero-order valence-electron chi connectivity index (χ0n) is 11.7. The van der Waals surface area contributed by atoms with E-state index in [1.54, 1.807) is 0 Å². The van der Waals surface area contributed by atoms with E-state index in [1.165, 1.54) is 5.56 Å². The number of hydrogen-bond acceptors (Lipinski definition) is 3. The molecule has 0 aliphatic carbocycles. The van der Waals surface area contributed by atoms with Crippen molar-refractivity contribution in [3.8, 4) is 5.75 Å². The maximum absolute atomic E-state index is 5.92. The van der Waals surface area contributed by atoms with Gasteiger partial charge in [0.15, 0.2) is 0 Å². The highest BCUT2D eigenvalue weighted by atomic mass is 79.9. The summed E-state index contributed by atoms with van der Waals surface area (Å²) >= 11 is 9.42. The lowest BCUT2D eigenvalue weighted by Gasteiger charge is -2.20. The maximum Gasteiger partial charge on any atom is 0.129 e. The molecule has 1 aromatic carbocycles. The summed E-state index contributed by atoms with van der Waals surface area (Å²) in [5, 5.41) is 4.10.